The summed E-state index contributed by atoms with van der Waals surface area (Å²) >= 11 is 0. The number of H-pyrrole nitrogens is 2. The van der Waals surface area contributed by atoms with E-state index >= 15 is 0 Å². The number of imidazole rings is 1. The number of nitrogens with two attached hydrogens (primary N) is 1. The molecule has 4 aromatic rings. The lowest BCUT2D eigenvalue weighted by molar-refractivity contribution is -0.149. The number of fused-ring (bicyclic) bond motifs is 1. The summed E-state index contributed by atoms with van der Waals surface area (Å²) in [5.41, 5.74) is 8.99. The molecule has 0 radical (unpaired) electrons. The molecule has 1 aliphatic rings. The van der Waals surface area contributed by atoms with Gasteiger partial charge in [0, 0.05) is 23.7 Å². The molecule has 16 heteroatoms. The van der Waals surface area contributed by atoms with Crippen LogP contribution >= 0.6 is 0 Å². The number of alkyl halides is 3. The number of imide groups is 1. The van der Waals surface area contributed by atoms with Gasteiger partial charge in [0.2, 0.25) is 5.91 Å². The Labute approximate surface area is 315 Å². The number of nitrogens with one attached hydrogen (secondary N) is 4. The topological polar surface area (TPSA) is 192 Å². The van der Waals surface area contributed by atoms with Gasteiger partial charge in [0.15, 0.2) is 0 Å². The first-order valence-corrected chi connectivity index (χ1v) is 18.1. The molecule has 2 heterocycles. The van der Waals surface area contributed by atoms with Crippen molar-refractivity contribution in [3.63, 3.8) is 0 Å². The van der Waals surface area contributed by atoms with Crippen molar-refractivity contribution in [3.8, 4) is 11.1 Å². The SMILES string of the molecule is Cc1nc(C(=O)NC(C)C(F)(F)F)ccc1-c1ccc(C[C@H](N)C(=O)N(c2ccc3[nH]c(=O)[nH]c3c2)C(=O)[C@H]2CC[C@H](CNC(=O)OC(C)(C)C)CC2)cc1. The number of ether oxygens (including phenoxy) is 1. The van der Waals surface area contributed by atoms with Crippen molar-refractivity contribution < 1.29 is 37.1 Å². The Bertz CT molecular complexity index is 2100. The lowest BCUT2D eigenvalue weighted by Gasteiger charge is -2.32. The molecular formula is C39H46F3N7O6. The minimum Gasteiger partial charge on any atom is -0.444 e. The Morgan fingerprint density at radius 3 is 2.24 bits per heavy atom. The molecule has 1 fully saturated rings. The molecular weight excluding hydrogens is 719 g/mol. The van der Waals surface area contributed by atoms with Crippen molar-refractivity contribution in [2.45, 2.75) is 90.6 Å². The highest BCUT2D eigenvalue weighted by Gasteiger charge is 2.38. The third-order valence-electron chi connectivity index (χ3n) is 9.52. The number of benzene rings is 2. The summed E-state index contributed by atoms with van der Waals surface area (Å²) in [6.45, 7) is 8.25. The van der Waals surface area contributed by atoms with E-state index in [0.29, 0.717) is 65.6 Å². The minimum atomic E-state index is -4.59. The van der Waals surface area contributed by atoms with Gasteiger partial charge in [-0.25, -0.2) is 19.5 Å². The number of rotatable bonds is 10. The Morgan fingerprint density at radius 2 is 1.62 bits per heavy atom. The maximum absolute atomic E-state index is 14.2. The molecule has 0 aliphatic heterocycles. The second kappa shape index (κ2) is 16.5. The Balaban J connectivity index is 1.28. The molecule has 294 valence electrons. The smallest absolute Gasteiger partial charge is 0.408 e. The van der Waals surface area contributed by atoms with E-state index < -0.39 is 59.3 Å². The number of aromatic nitrogens is 3. The summed E-state index contributed by atoms with van der Waals surface area (Å²) in [6, 6.07) is 11.6. The van der Waals surface area contributed by atoms with Crippen LogP contribution in [0.1, 0.15) is 75.1 Å². The second-order valence-electron chi connectivity index (χ2n) is 15.0. The van der Waals surface area contributed by atoms with Gasteiger partial charge in [0.05, 0.1) is 22.8 Å². The monoisotopic (exact) mass is 765 g/mol. The fraction of sp³-hybridized carbons (Fsp3) is 0.436. The van der Waals surface area contributed by atoms with Gasteiger partial charge in [-0.05, 0) is 108 Å². The number of aryl methyl sites for hydroxylation is 1. The summed E-state index contributed by atoms with van der Waals surface area (Å²) < 4.78 is 44.1. The number of carbonyl (C=O) groups excluding carboxylic acids is 4. The third-order valence-corrected chi connectivity index (χ3v) is 9.52. The van der Waals surface area contributed by atoms with E-state index in [0.717, 1.165) is 11.8 Å². The normalized spacial score (nSPS) is 17.3. The fourth-order valence-corrected chi connectivity index (χ4v) is 6.53. The van der Waals surface area contributed by atoms with Gasteiger partial charge >= 0.3 is 18.0 Å². The van der Waals surface area contributed by atoms with E-state index in [-0.39, 0.29) is 23.7 Å². The van der Waals surface area contributed by atoms with Crippen LogP contribution in [-0.2, 0) is 20.7 Å². The molecule has 13 nitrogen and oxygen atoms in total. The number of hydrogen-bond donors (Lipinski definition) is 5. The molecule has 6 N–H and O–H groups in total. The molecule has 55 heavy (non-hydrogen) atoms. The lowest BCUT2D eigenvalue weighted by Crippen LogP contribution is -2.50. The average Bonchev–Trinajstić information content (AvgIpc) is 3.49. The summed E-state index contributed by atoms with van der Waals surface area (Å²) in [4.78, 5) is 75.4. The number of pyridine rings is 1. The second-order valence-corrected chi connectivity index (χ2v) is 15.0. The fourth-order valence-electron chi connectivity index (χ4n) is 6.53. The standard InChI is InChI=1S/C39H46F3N7O6/c1-21-28(15-17-31(45-21)33(50)46-22(2)39(40,41)42)25-10-6-23(7-11-25)18-29(43)35(52)49(27-14-16-30-32(19-27)48-36(53)47-30)34(51)26-12-8-24(9-13-26)20-44-37(54)55-38(3,4)5/h6-7,10-11,14-17,19,22,24,26,29H,8-9,12-13,18,20,43H2,1-5H3,(H,44,54)(H,46,50)(H2,47,48,53)/t22?,24-,26-,29-/m0/s1. The van der Waals surface area contributed by atoms with Gasteiger partial charge in [-0.1, -0.05) is 30.3 Å². The zero-order valence-corrected chi connectivity index (χ0v) is 31.3. The summed E-state index contributed by atoms with van der Waals surface area (Å²) in [6.07, 6.45) is -2.71. The number of anilines is 1. The molecule has 1 unspecified atom stereocenters. The number of aromatic amines is 2. The van der Waals surface area contributed by atoms with E-state index in [4.69, 9.17) is 10.5 Å². The van der Waals surface area contributed by atoms with Crippen LogP contribution in [0.5, 0.6) is 0 Å². The Hall–Kier alpha value is -5.51. The molecule has 2 aromatic carbocycles. The van der Waals surface area contributed by atoms with Crippen LogP contribution in [0.3, 0.4) is 0 Å². The molecule has 2 aromatic heterocycles. The van der Waals surface area contributed by atoms with Gasteiger partial charge in [0.25, 0.3) is 11.8 Å². The van der Waals surface area contributed by atoms with Gasteiger partial charge in [-0.3, -0.25) is 14.4 Å². The van der Waals surface area contributed by atoms with Crippen LogP contribution in [0, 0.1) is 18.8 Å². The zero-order valence-electron chi connectivity index (χ0n) is 31.3. The van der Waals surface area contributed by atoms with Crippen LogP contribution in [0.2, 0.25) is 0 Å². The molecule has 2 atom stereocenters. The van der Waals surface area contributed by atoms with Crippen molar-refractivity contribution in [1.29, 1.82) is 0 Å². The highest BCUT2D eigenvalue weighted by Crippen LogP contribution is 2.32. The van der Waals surface area contributed by atoms with Crippen molar-refractivity contribution in [1.82, 2.24) is 25.6 Å². The van der Waals surface area contributed by atoms with Crippen molar-refractivity contribution in [3.05, 3.63) is 82.0 Å². The molecule has 1 saturated carbocycles. The van der Waals surface area contributed by atoms with E-state index in [1.165, 1.54) is 6.07 Å². The first-order chi connectivity index (χ1) is 25.8. The summed E-state index contributed by atoms with van der Waals surface area (Å²) in [5, 5.41) is 4.70. The largest absolute Gasteiger partial charge is 0.444 e. The molecule has 4 amide bonds. The van der Waals surface area contributed by atoms with Gasteiger partial charge < -0.3 is 31.1 Å². The van der Waals surface area contributed by atoms with Crippen LogP contribution < -0.4 is 27.0 Å². The average molecular weight is 766 g/mol. The van der Waals surface area contributed by atoms with E-state index in [2.05, 4.69) is 20.3 Å². The van der Waals surface area contributed by atoms with Crippen molar-refractivity contribution in [2.24, 2.45) is 17.6 Å². The first kappa shape index (κ1) is 40.7. The third kappa shape index (κ3) is 10.4. The Morgan fingerprint density at radius 1 is 0.964 bits per heavy atom. The van der Waals surface area contributed by atoms with Crippen LogP contribution in [0.4, 0.5) is 23.7 Å². The number of amides is 4. The number of carbonyl (C=O) groups is 4. The van der Waals surface area contributed by atoms with E-state index in [1.54, 1.807) is 76.2 Å². The van der Waals surface area contributed by atoms with Crippen LogP contribution in [-0.4, -0.2) is 69.2 Å². The van der Waals surface area contributed by atoms with Crippen molar-refractivity contribution >= 4 is 40.5 Å². The van der Waals surface area contributed by atoms with Gasteiger partial charge in [-0.2, -0.15) is 13.2 Å². The van der Waals surface area contributed by atoms with E-state index in [9.17, 15) is 37.1 Å². The quantitative estimate of drug-likeness (QED) is 0.136. The number of alkyl carbamates (subject to hydrolysis) is 1. The molecule has 0 spiro atoms. The highest BCUT2D eigenvalue weighted by molar-refractivity contribution is 6.17. The first-order valence-electron chi connectivity index (χ1n) is 18.1. The number of hydrogen-bond acceptors (Lipinski definition) is 8. The van der Waals surface area contributed by atoms with Gasteiger partial charge in [-0.15, -0.1) is 0 Å². The van der Waals surface area contributed by atoms with Crippen LogP contribution in [0.15, 0.2) is 59.4 Å². The predicted octanol–water partition coefficient (Wildman–Crippen LogP) is 5.67. The van der Waals surface area contributed by atoms with Crippen LogP contribution in [0.25, 0.3) is 22.2 Å². The molecule has 1 aliphatic carbocycles. The predicted molar refractivity (Wildman–Crippen MR) is 200 cm³/mol. The maximum atomic E-state index is 14.2. The van der Waals surface area contributed by atoms with E-state index in [1.807, 2.05) is 5.32 Å². The lowest BCUT2D eigenvalue weighted by atomic mass is 9.81. The van der Waals surface area contributed by atoms with Crippen molar-refractivity contribution in [2.75, 3.05) is 11.4 Å². The zero-order chi connectivity index (χ0) is 40.2. The summed E-state index contributed by atoms with van der Waals surface area (Å²) in [7, 11) is 0. The molecule has 5 rings (SSSR count). The molecule has 0 bridgehead atoms. The highest BCUT2D eigenvalue weighted by atomic mass is 19.4. The number of halogens is 3. The minimum absolute atomic E-state index is 0.0862. The van der Waals surface area contributed by atoms with Gasteiger partial charge in [0.1, 0.15) is 17.3 Å². The number of nitrogens with zero attached hydrogens (tertiary/aromatic N) is 2. The summed E-state index contributed by atoms with van der Waals surface area (Å²) in [5.74, 6) is -2.30. The Kier molecular flexibility index (Phi) is 12.2. The maximum Gasteiger partial charge on any atom is 0.408 e. The molecule has 0 saturated heterocycles.